The lowest BCUT2D eigenvalue weighted by atomic mass is 9.96. The van der Waals surface area contributed by atoms with Crippen LogP contribution in [-0.4, -0.2) is 31.2 Å². The molecular weight excluding hydrogens is 494 g/mol. The van der Waals surface area contributed by atoms with Crippen LogP contribution in [0.5, 0.6) is 0 Å². The molecule has 230 valence electrons. The van der Waals surface area contributed by atoms with Crippen LogP contribution in [0.15, 0.2) is 30.3 Å². The Morgan fingerprint density at radius 3 is 1.26 bits per heavy atom. The monoisotopic (exact) mass is 564 g/mol. The molecule has 0 N–H and O–H groups in total. The van der Waals surface area contributed by atoms with Gasteiger partial charge in [-0.25, -0.2) is 0 Å². The molecule has 1 nitrogen and oxygen atoms in total. The number of unbranched alkanes of at least 4 members (excludes halogenated alkanes) is 21. The van der Waals surface area contributed by atoms with Crippen molar-refractivity contribution in [2.45, 2.75) is 180 Å². The van der Waals surface area contributed by atoms with E-state index in [1.165, 1.54) is 177 Å². The maximum Gasteiger partial charge on any atom is 0.0927 e. The van der Waals surface area contributed by atoms with Crippen molar-refractivity contribution in [2.75, 3.05) is 20.6 Å². The Morgan fingerprint density at radius 1 is 0.487 bits per heavy atom. The second kappa shape index (κ2) is 27.6. The normalized spacial score (nSPS) is 12.4. The van der Waals surface area contributed by atoms with E-state index in [4.69, 9.17) is 0 Å². The van der Waals surface area contributed by atoms with Gasteiger partial charge in [-0.15, -0.1) is 0 Å². The minimum absolute atomic E-state index is 0. The fourth-order valence-corrected chi connectivity index (χ4v) is 6.17. The minimum atomic E-state index is 0. The maximum atomic E-state index is 2.52. The van der Waals surface area contributed by atoms with Gasteiger partial charge < -0.3 is 16.9 Å². The molecule has 0 radical (unpaired) electrons. The second-order valence-corrected chi connectivity index (χ2v) is 13.1. The van der Waals surface area contributed by atoms with Crippen LogP contribution in [0.4, 0.5) is 0 Å². The van der Waals surface area contributed by atoms with E-state index in [2.05, 4.69) is 58.3 Å². The molecule has 39 heavy (non-hydrogen) atoms. The number of quaternary nitrogens is 1. The maximum absolute atomic E-state index is 2.52. The predicted octanol–water partition coefficient (Wildman–Crippen LogP) is 9.08. The fraction of sp³-hybridized carbons (Fsp3) is 0.838. The Morgan fingerprint density at radius 2 is 0.846 bits per heavy atom. The quantitative estimate of drug-likeness (QED) is 0.0704. The van der Waals surface area contributed by atoms with Crippen molar-refractivity contribution in [3.05, 3.63) is 35.9 Å². The van der Waals surface area contributed by atoms with Gasteiger partial charge in [0, 0.05) is 6.42 Å². The highest BCUT2D eigenvalue weighted by molar-refractivity contribution is 5.15. The summed E-state index contributed by atoms with van der Waals surface area (Å²) in [5, 5.41) is 0. The molecule has 1 aromatic rings. The van der Waals surface area contributed by atoms with Gasteiger partial charge >= 0.3 is 0 Å². The summed E-state index contributed by atoms with van der Waals surface area (Å²) in [6.45, 7) is 5.96. The van der Waals surface area contributed by atoms with Crippen LogP contribution in [0.25, 0.3) is 0 Å². The Balaban J connectivity index is 0.0000144. The van der Waals surface area contributed by atoms with E-state index in [1.807, 2.05) is 0 Å². The van der Waals surface area contributed by atoms with Gasteiger partial charge in [0.1, 0.15) is 0 Å². The number of hydrogen-bond acceptors (Lipinski definition) is 0. The van der Waals surface area contributed by atoms with E-state index >= 15 is 0 Å². The molecule has 0 aliphatic heterocycles. The van der Waals surface area contributed by atoms with E-state index < -0.39 is 0 Å². The lowest BCUT2D eigenvalue weighted by Gasteiger charge is -2.39. The zero-order valence-corrected chi connectivity index (χ0v) is 27.9. The second-order valence-electron chi connectivity index (χ2n) is 13.1. The third kappa shape index (κ3) is 22.8. The molecule has 0 fully saturated rings. The van der Waals surface area contributed by atoms with Crippen molar-refractivity contribution in [1.82, 2.24) is 0 Å². The Hall–Kier alpha value is -0.530. The van der Waals surface area contributed by atoms with E-state index in [9.17, 15) is 0 Å². The van der Waals surface area contributed by atoms with Crippen LogP contribution in [0.2, 0.25) is 0 Å². The van der Waals surface area contributed by atoms with E-state index in [-0.39, 0.29) is 12.4 Å². The summed E-state index contributed by atoms with van der Waals surface area (Å²) in [6.07, 6.45) is 35.7. The summed E-state index contributed by atoms with van der Waals surface area (Å²) in [5.41, 5.74) is 1.53. The van der Waals surface area contributed by atoms with Gasteiger partial charge in [0.2, 0.25) is 0 Å². The molecule has 2 heteroatoms. The van der Waals surface area contributed by atoms with Gasteiger partial charge in [-0.3, -0.25) is 0 Å². The lowest BCUT2D eigenvalue weighted by Crippen LogP contribution is -3.00. The molecule has 1 aromatic carbocycles. The summed E-state index contributed by atoms with van der Waals surface area (Å²) in [5.74, 6) is 0. The highest BCUT2D eigenvalue weighted by atomic mass is 35.5. The average Bonchev–Trinajstić information content (AvgIpc) is 2.92. The number of benzene rings is 1. The number of nitrogens with zero attached hydrogens (tertiary/aromatic N) is 1. The zero-order valence-electron chi connectivity index (χ0n) is 27.2. The van der Waals surface area contributed by atoms with Crippen LogP contribution < -0.4 is 12.4 Å². The number of likely N-dealkylation sites (N-methyl/N-ethyl adjacent to an activating group) is 1. The Labute approximate surface area is 253 Å². The summed E-state index contributed by atoms with van der Waals surface area (Å²) in [6, 6.07) is 12.0. The average molecular weight is 564 g/mol. The van der Waals surface area contributed by atoms with Crippen LogP contribution in [-0.2, 0) is 6.42 Å². The van der Waals surface area contributed by atoms with Gasteiger partial charge in [-0.2, -0.15) is 0 Å². The van der Waals surface area contributed by atoms with E-state index in [0.29, 0.717) is 0 Å². The molecule has 0 aromatic heterocycles. The van der Waals surface area contributed by atoms with Crippen LogP contribution in [0.3, 0.4) is 0 Å². The zero-order chi connectivity index (χ0) is 27.6. The van der Waals surface area contributed by atoms with Crippen LogP contribution in [0.1, 0.15) is 174 Å². The largest absolute Gasteiger partial charge is 1.00 e. The van der Waals surface area contributed by atoms with Gasteiger partial charge in [0.05, 0.1) is 26.7 Å². The van der Waals surface area contributed by atoms with Gasteiger partial charge in [-0.05, 0) is 31.2 Å². The van der Waals surface area contributed by atoms with Crippen molar-refractivity contribution < 1.29 is 16.9 Å². The molecule has 0 amide bonds. The lowest BCUT2D eigenvalue weighted by molar-refractivity contribution is -0.915. The molecule has 1 unspecified atom stereocenters. The summed E-state index contributed by atoms with van der Waals surface area (Å²) in [4.78, 5) is 0. The summed E-state index contributed by atoms with van der Waals surface area (Å²) < 4.78 is 1.20. The molecule has 0 aliphatic rings. The Kier molecular flexibility index (Phi) is 27.3. The predicted molar refractivity (Wildman–Crippen MR) is 173 cm³/mol. The summed E-state index contributed by atoms with van der Waals surface area (Å²) in [7, 11) is 5.04. The molecular formula is C37H70ClN. The van der Waals surface area contributed by atoms with E-state index in [0.717, 1.165) is 6.04 Å². The molecule has 0 heterocycles. The number of rotatable bonds is 28. The van der Waals surface area contributed by atoms with Crippen molar-refractivity contribution in [1.29, 1.82) is 0 Å². The van der Waals surface area contributed by atoms with Crippen molar-refractivity contribution in [3.8, 4) is 0 Å². The van der Waals surface area contributed by atoms with Crippen molar-refractivity contribution in [3.63, 3.8) is 0 Å². The first-order valence-corrected chi connectivity index (χ1v) is 17.5. The van der Waals surface area contributed by atoms with Crippen molar-refractivity contribution >= 4 is 0 Å². The SMILES string of the molecule is CCCCCCCCCCCCCC[N+](C)(C)C(CCCCCCCCCCCCC)Cc1ccccc1.[Cl-]. The van der Waals surface area contributed by atoms with Crippen LogP contribution >= 0.6 is 0 Å². The first-order chi connectivity index (χ1) is 18.6. The molecule has 0 bridgehead atoms. The standard InChI is InChI=1S/C37H70N.ClH/c1-5-7-9-11-13-15-17-19-21-23-25-30-34-38(3,4)37(35-36-31-27-26-28-32-36)33-29-24-22-20-18-16-14-12-10-8-6-2;/h26-28,31-32,37H,5-25,29-30,33-35H2,1-4H3;1H/q+1;/p-1. The highest BCUT2D eigenvalue weighted by Crippen LogP contribution is 2.22. The van der Waals surface area contributed by atoms with Gasteiger partial charge in [-0.1, -0.05) is 173 Å². The molecule has 0 aliphatic carbocycles. The number of hydrogen-bond donors (Lipinski definition) is 0. The fourth-order valence-electron chi connectivity index (χ4n) is 6.17. The third-order valence-electron chi connectivity index (χ3n) is 9.03. The highest BCUT2D eigenvalue weighted by Gasteiger charge is 2.27. The molecule has 0 spiro atoms. The third-order valence-corrected chi connectivity index (χ3v) is 9.03. The van der Waals surface area contributed by atoms with Crippen LogP contribution in [0, 0.1) is 0 Å². The van der Waals surface area contributed by atoms with Gasteiger partial charge in [0.15, 0.2) is 0 Å². The molecule has 1 rings (SSSR count). The minimum Gasteiger partial charge on any atom is -1.00 e. The first-order valence-electron chi connectivity index (χ1n) is 17.5. The number of halogens is 1. The Bertz CT molecular complexity index is 599. The summed E-state index contributed by atoms with van der Waals surface area (Å²) >= 11 is 0. The van der Waals surface area contributed by atoms with E-state index in [1.54, 1.807) is 0 Å². The first kappa shape index (κ1) is 38.5. The topological polar surface area (TPSA) is 0 Å². The molecule has 1 atom stereocenters. The molecule has 0 saturated heterocycles. The smallest absolute Gasteiger partial charge is 0.0927 e. The van der Waals surface area contributed by atoms with Crippen molar-refractivity contribution in [2.24, 2.45) is 0 Å². The van der Waals surface area contributed by atoms with Gasteiger partial charge in [0.25, 0.3) is 0 Å². The molecule has 0 saturated carbocycles.